The van der Waals surface area contributed by atoms with Gasteiger partial charge in [-0.15, -0.1) is 0 Å². The molecule has 0 spiro atoms. The Balaban J connectivity index is 2.20. The SMILES string of the molecule is N[C@@H](c1ccc(Cl)nc1Cl)C1CCCC1. The molecular weight excluding hydrogens is 231 g/mol. The normalized spacial score (nSPS) is 19.4. The fraction of sp³-hybridized carbons (Fsp3) is 0.545. The second kappa shape index (κ2) is 4.69. The Morgan fingerprint density at radius 3 is 2.53 bits per heavy atom. The lowest BCUT2D eigenvalue weighted by molar-refractivity contribution is 0.444. The van der Waals surface area contributed by atoms with Gasteiger partial charge in [0.1, 0.15) is 10.3 Å². The second-order valence-corrected chi connectivity index (χ2v) is 4.83. The van der Waals surface area contributed by atoms with E-state index in [0.717, 1.165) is 5.56 Å². The average Bonchev–Trinajstić information content (AvgIpc) is 2.69. The fourth-order valence-corrected chi connectivity index (χ4v) is 2.71. The van der Waals surface area contributed by atoms with Crippen molar-refractivity contribution in [1.29, 1.82) is 0 Å². The first-order valence-corrected chi connectivity index (χ1v) is 6.01. The first kappa shape index (κ1) is 11.2. The van der Waals surface area contributed by atoms with Crippen molar-refractivity contribution in [3.63, 3.8) is 0 Å². The molecule has 2 N–H and O–H groups in total. The molecule has 0 amide bonds. The van der Waals surface area contributed by atoms with Crippen LogP contribution in [0, 0.1) is 5.92 Å². The van der Waals surface area contributed by atoms with Gasteiger partial charge < -0.3 is 5.73 Å². The van der Waals surface area contributed by atoms with E-state index in [1.807, 2.05) is 6.07 Å². The number of hydrogen-bond donors (Lipinski definition) is 1. The molecule has 0 aromatic carbocycles. The van der Waals surface area contributed by atoms with Gasteiger partial charge in [-0.2, -0.15) is 0 Å². The minimum Gasteiger partial charge on any atom is -0.324 e. The minimum absolute atomic E-state index is 0.00441. The number of nitrogens with zero attached hydrogens (tertiary/aromatic N) is 1. The maximum atomic E-state index is 6.18. The standard InChI is InChI=1S/C11H14Cl2N2/c12-9-6-5-8(11(13)15-9)10(14)7-3-1-2-4-7/h5-7,10H,1-4,14H2/t10-/m1/s1. The summed E-state index contributed by atoms with van der Waals surface area (Å²) in [5, 5.41) is 0.865. The molecule has 1 fully saturated rings. The van der Waals surface area contributed by atoms with Gasteiger partial charge in [-0.05, 0) is 24.8 Å². The second-order valence-electron chi connectivity index (χ2n) is 4.08. The van der Waals surface area contributed by atoms with Crippen molar-refractivity contribution in [2.45, 2.75) is 31.7 Å². The molecule has 1 heterocycles. The molecule has 1 aromatic heterocycles. The van der Waals surface area contributed by atoms with Crippen LogP contribution < -0.4 is 5.73 Å². The first-order chi connectivity index (χ1) is 7.18. The molecule has 0 saturated heterocycles. The summed E-state index contributed by atoms with van der Waals surface area (Å²) >= 11 is 11.8. The summed E-state index contributed by atoms with van der Waals surface area (Å²) in [4.78, 5) is 4.02. The molecular formula is C11H14Cl2N2. The Kier molecular flexibility index (Phi) is 3.49. The van der Waals surface area contributed by atoms with Crippen LogP contribution in [0.2, 0.25) is 10.3 Å². The van der Waals surface area contributed by atoms with Crippen LogP contribution in [-0.4, -0.2) is 4.98 Å². The van der Waals surface area contributed by atoms with Crippen molar-refractivity contribution in [3.8, 4) is 0 Å². The molecule has 0 unspecified atom stereocenters. The van der Waals surface area contributed by atoms with E-state index in [0.29, 0.717) is 16.2 Å². The highest BCUT2D eigenvalue weighted by molar-refractivity contribution is 6.32. The molecule has 0 bridgehead atoms. The van der Waals surface area contributed by atoms with Crippen molar-refractivity contribution in [2.75, 3.05) is 0 Å². The number of rotatable bonds is 2. The summed E-state index contributed by atoms with van der Waals surface area (Å²) in [6.45, 7) is 0. The fourth-order valence-electron chi connectivity index (χ4n) is 2.24. The monoisotopic (exact) mass is 244 g/mol. The molecule has 2 nitrogen and oxygen atoms in total. The van der Waals surface area contributed by atoms with Gasteiger partial charge in [-0.25, -0.2) is 4.98 Å². The van der Waals surface area contributed by atoms with E-state index < -0.39 is 0 Å². The lowest BCUT2D eigenvalue weighted by Gasteiger charge is -2.19. The summed E-state index contributed by atoms with van der Waals surface area (Å²) in [5.74, 6) is 0.547. The number of pyridine rings is 1. The lowest BCUT2D eigenvalue weighted by atomic mass is 9.93. The summed E-state index contributed by atoms with van der Waals surface area (Å²) in [7, 11) is 0. The van der Waals surface area contributed by atoms with Crippen molar-refractivity contribution in [1.82, 2.24) is 4.98 Å². The predicted molar refractivity (Wildman–Crippen MR) is 63.1 cm³/mol. The number of aromatic nitrogens is 1. The summed E-state index contributed by atoms with van der Waals surface area (Å²) in [6.07, 6.45) is 4.94. The van der Waals surface area contributed by atoms with Crippen LogP contribution in [0.1, 0.15) is 37.3 Å². The minimum atomic E-state index is 0.00441. The molecule has 2 rings (SSSR count). The van der Waals surface area contributed by atoms with E-state index in [-0.39, 0.29) is 6.04 Å². The average molecular weight is 245 g/mol. The van der Waals surface area contributed by atoms with Gasteiger partial charge in [-0.1, -0.05) is 42.1 Å². The van der Waals surface area contributed by atoms with Gasteiger partial charge in [0.2, 0.25) is 0 Å². The van der Waals surface area contributed by atoms with Crippen molar-refractivity contribution in [2.24, 2.45) is 11.7 Å². The molecule has 1 aromatic rings. The van der Waals surface area contributed by atoms with Gasteiger partial charge in [0, 0.05) is 11.6 Å². The number of halogens is 2. The van der Waals surface area contributed by atoms with Crippen LogP contribution in [0.5, 0.6) is 0 Å². The van der Waals surface area contributed by atoms with Gasteiger partial charge >= 0.3 is 0 Å². The zero-order chi connectivity index (χ0) is 10.8. The Morgan fingerprint density at radius 1 is 1.27 bits per heavy atom. The topological polar surface area (TPSA) is 38.9 Å². The maximum Gasteiger partial charge on any atom is 0.135 e. The zero-order valence-electron chi connectivity index (χ0n) is 8.42. The van der Waals surface area contributed by atoms with E-state index in [1.54, 1.807) is 6.07 Å². The Morgan fingerprint density at radius 2 is 1.93 bits per heavy atom. The highest BCUT2D eigenvalue weighted by Crippen LogP contribution is 2.36. The molecule has 0 radical (unpaired) electrons. The van der Waals surface area contributed by atoms with E-state index in [9.17, 15) is 0 Å². The Bertz CT molecular complexity index is 348. The highest BCUT2D eigenvalue weighted by atomic mass is 35.5. The van der Waals surface area contributed by atoms with E-state index >= 15 is 0 Å². The third-order valence-corrected chi connectivity index (χ3v) is 3.62. The lowest BCUT2D eigenvalue weighted by Crippen LogP contribution is -2.19. The molecule has 1 atom stereocenters. The number of nitrogens with two attached hydrogens (primary N) is 1. The van der Waals surface area contributed by atoms with Gasteiger partial charge in [0.05, 0.1) is 0 Å². The molecule has 4 heteroatoms. The third-order valence-electron chi connectivity index (χ3n) is 3.11. The highest BCUT2D eigenvalue weighted by Gasteiger charge is 2.25. The van der Waals surface area contributed by atoms with Crippen LogP contribution in [0.3, 0.4) is 0 Å². The quantitative estimate of drug-likeness (QED) is 0.809. The van der Waals surface area contributed by atoms with Gasteiger partial charge in [0.25, 0.3) is 0 Å². The van der Waals surface area contributed by atoms with Gasteiger partial charge in [0.15, 0.2) is 0 Å². The first-order valence-electron chi connectivity index (χ1n) is 5.26. The smallest absolute Gasteiger partial charge is 0.135 e. The van der Waals surface area contributed by atoms with Crippen molar-refractivity contribution < 1.29 is 0 Å². The van der Waals surface area contributed by atoms with Crippen molar-refractivity contribution in [3.05, 3.63) is 28.0 Å². The van der Waals surface area contributed by atoms with Crippen LogP contribution in [0.25, 0.3) is 0 Å². The summed E-state index contributed by atoms with van der Waals surface area (Å²) in [6, 6.07) is 3.64. The molecule has 1 saturated carbocycles. The molecule has 1 aliphatic rings. The van der Waals surface area contributed by atoms with Crippen LogP contribution >= 0.6 is 23.2 Å². The number of hydrogen-bond acceptors (Lipinski definition) is 2. The largest absolute Gasteiger partial charge is 0.324 e. The molecule has 1 aliphatic carbocycles. The Labute approximate surface area is 99.8 Å². The van der Waals surface area contributed by atoms with E-state index in [1.165, 1.54) is 25.7 Å². The summed E-state index contributed by atoms with van der Waals surface area (Å²) < 4.78 is 0. The van der Waals surface area contributed by atoms with Crippen LogP contribution in [0.15, 0.2) is 12.1 Å². The van der Waals surface area contributed by atoms with Crippen LogP contribution in [-0.2, 0) is 0 Å². The molecule has 0 aliphatic heterocycles. The summed E-state index contributed by atoms with van der Waals surface area (Å²) in [5.41, 5.74) is 7.11. The predicted octanol–water partition coefficient (Wildman–Crippen LogP) is 3.58. The third kappa shape index (κ3) is 2.44. The zero-order valence-corrected chi connectivity index (χ0v) is 9.93. The molecule has 15 heavy (non-hydrogen) atoms. The van der Waals surface area contributed by atoms with Crippen molar-refractivity contribution >= 4 is 23.2 Å². The molecule has 82 valence electrons. The Hall–Kier alpha value is -0.310. The van der Waals surface area contributed by atoms with E-state index in [2.05, 4.69) is 4.98 Å². The van der Waals surface area contributed by atoms with E-state index in [4.69, 9.17) is 28.9 Å². The van der Waals surface area contributed by atoms with Crippen LogP contribution in [0.4, 0.5) is 0 Å². The van der Waals surface area contributed by atoms with Gasteiger partial charge in [-0.3, -0.25) is 0 Å². The maximum absolute atomic E-state index is 6.18.